The summed E-state index contributed by atoms with van der Waals surface area (Å²) in [5.74, 6) is -0.129. The van der Waals surface area contributed by atoms with E-state index in [1.165, 1.54) is 0 Å². The van der Waals surface area contributed by atoms with Crippen molar-refractivity contribution in [1.82, 2.24) is 5.32 Å². The molecule has 17 heavy (non-hydrogen) atoms. The number of halogens is 1. The number of hydrogen-bond acceptors (Lipinski definition) is 4. The Morgan fingerprint density at radius 2 is 2.47 bits per heavy atom. The summed E-state index contributed by atoms with van der Waals surface area (Å²) in [7, 11) is 0. The number of carbonyl (C=O) groups excluding carboxylic acids is 1. The Morgan fingerprint density at radius 3 is 3.00 bits per heavy atom. The lowest BCUT2D eigenvalue weighted by Crippen LogP contribution is -2.47. The van der Waals surface area contributed by atoms with E-state index in [1.807, 2.05) is 0 Å². The first kappa shape index (κ1) is 12.6. The molecule has 5 nitrogen and oxygen atoms in total. The minimum absolute atomic E-state index is 0.158. The van der Waals surface area contributed by atoms with E-state index in [0.29, 0.717) is 17.7 Å². The van der Waals surface area contributed by atoms with Crippen LogP contribution in [-0.2, 0) is 4.74 Å². The highest BCUT2D eigenvalue weighted by Crippen LogP contribution is 2.24. The van der Waals surface area contributed by atoms with Crippen molar-refractivity contribution in [3.8, 4) is 0 Å². The Hall–Kier alpha value is -0.850. The summed E-state index contributed by atoms with van der Waals surface area (Å²) in [6, 6.07) is 3.21. The van der Waals surface area contributed by atoms with Crippen LogP contribution in [0.25, 0.3) is 0 Å². The molecule has 0 aliphatic carbocycles. The van der Waals surface area contributed by atoms with Crippen LogP contribution in [0.3, 0.4) is 0 Å². The maximum absolute atomic E-state index is 11.7. The third-order valence-corrected chi connectivity index (χ3v) is 3.44. The van der Waals surface area contributed by atoms with Crippen LogP contribution < -0.4 is 5.32 Å². The van der Waals surface area contributed by atoms with Gasteiger partial charge in [0.25, 0.3) is 5.91 Å². The monoisotopic (exact) mass is 303 g/mol. The second-order valence-corrected chi connectivity index (χ2v) is 4.93. The van der Waals surface area contributed by atoms with Crippen LogP contribution in [0.5, 0.6) is 0 Å². The van der Waals surface area contributed by atoms with E-state index in [-0.39, 0.29) is 24.3 Å². The van der Waals surface area contributed by atoms with Gasteiger partial charge in [-0.05, 0) is 35.0 Å². The summed E-state index contributed by atoms with van der Waals surface area (Å²) in [5.41, 5.74) is -0.987. The Bertz CT molecular complexity index is 419. The fourth-order valence-corrected chi connectivity index (χ4v) is 2.07. The third kappa shape index (κ3) is 2.70. The molecule has 0 bridgehead atoms. The van der Waals surface area contributed by atoms with E-state index in [1.54, 1.807) is 19.1 Å². The van der Waals surface area contributed by atoms with Gasteiger partial charge in [-0.25, -0.2) is 0 Å². The maximum Gasteiger partial charge on any atom is 0.287 e. The molecule has 0 saturated carbocycles. The molecular weight excluding hydrogens is 290 g/mol. The molecule has 1 aromatic heterocycles. The lowest BCUT2D eigenvalue weighted by Gasteiger charge is -2.25. The summed E-state index contributed by atoms with van der Waals surface area (Å²) in [4.78, 5) is 11.7. The fraction of sp³-hybridized carbons (Fsp3) is 0.545. The molecular formula is C11H14BrNO4. The normalized spacial score (nSPS) is 28.3. The van der Waals surface area contributed by atoms with Crippen LogP contribution in [0.1, 0.15) is 23.9 Å². The molecule has 1 amide bonds. The number of rotatable bonds is 3. The van der Waals surface area contributed by atoms with Gasteiger partial charge in [0.15, 0.2) is 10.4 Å². The summed E-state index contributed by atoms with van der Waals surface area (Å²) in [5, 5.41) is 12.8. The van der Waals surface area contributed by atoms with E-state index < -0.39 is 5.60 Å². The SMILES string of the molecule is CC1OCCC1(O)CNC(=O)c1ccc(Br)o1. The van der Waals surface area contributed by atoms with Crippen LogP contribution in [0.4, 0.5) is 0 Å². The Kier molecular flexibility index (Phi) is 3.56. The van der Waals surface area contributed by atoms with E-state index in [4.69, 9.17) is 9.15 Å². The number of furan rings is 1. The maximum atomic E-state index is 11.7. The van der Waals surface area contributed by atoms with Crippen molar-refractivity contribution >= 4 is 21.8 Å². The van der Waals surface area contributed by atoms with Gasteiger partial charge in [-0.1, -0.05) is 0 Å². The van der Waals surface area contributed by atoms with Crippen molar-refractivity contribution in [2.45, 2.75) is 25.0 Å². The van der Waals surface area contributed by atoms with Gasteiger partial charge < -0.3 is 19.6 Å². The molecule has 1 aromatic rings. The van der Waals surface area contributed by atoms with Gasteiger partial charge in [0.2, 0.25) is 0 Å². The third-order valence-electron chi connectivity index (χ3n) is 3.01. The first-order chi connectivity index (χ1) is 8.01. The highest BCUT2D eigenvalue weighted by atomic mass is 79.9. The van der Waals surface area contributed by atoms with Gasteiger partial charge in [-0.15, -0.1) is 0 Å². The molecule has 2 N–H and O–H groups in total. The molecule has 6 heteroatoms. The Labute approximate surface area is 107 Å². The molecule has 2 atom stereocenters. The number of aliphatic hydroxyl groups is 1. The number of nitrogens with one attached hydrogen (secondary N) is 1. The van der Waals surface area contributed by atoms with Crippen LogP contribution in [0.15, 0.2) is 21.2 Å². The molecule has 1 saturated heterocycles. The predicted molar refractivity (Wildman–Crippen MR) is 63.7 cm³/mol. The van der Waals surface area contributed by atoms with Crippen molar-refractivity contribution in [1.29, 1.82) is 0 Å². The first-order valence-corrected chi connectivity index (χ1v) is 6.18. The second kappa shape index (κ2) is 4.80. The summed E-state index contributed by atoms with van der Waals surface area (Å²) in [6.07, 6.45) is 0.252. The largest absolute Gasteiger partial charge is 0.444 e. The minimum atomic E-state index is -0.987. The predicted octanol–water partition coefficient (Wildman–Crippen LogP) is 1.31. The summed E-state index contributed by atoms with van der Waals surface area (Å²) < 4.78 is 10.9. The zero-order valence-electron chi connectivity index (χ0n) is 9.40. The quantitative estimate of drug-likeness (QED) is 0.883. The van der Waals surface area contributed by atoms with Crippen LogP contribution in [0, 0.1) is 0 Å². The number of ether oxygens (including phenoxy) is 1. The van der Waals surface area contributed by atoms with Gasteiger partial charge in [-0.3, -0.25) is 4.79 Å². The van der Waals surface area contributed by atoms with Gasteiger partial charge in [-0.2, -0.15) is 0 Å². The molecule has 2 unspecified atom stereocenters. The highest BCUT2D eigenvalue weighted by molar-refractivity contribution is 9.10. The fourth-order valence-electron chi connectivity index (χ4n) is 1.76. The molecule has 1 aliphatic heterocycles. The molecule has 0 radical (unpaired) electrons. The number of amides is 1. The highest BCUT2D eigenvalue weighted by Gasteiger charge is 2.39. The van der Waals surface area contributed by atoms with Crippen molar-refractivity contribution < 1.29 is 19.1 Å². The summed E-state index contributed by atoms with van der Waals surface area (Å²) in [6.45, 7) is 2.47. The van der Waals surface area contributed by atoms with E-state index in [0.717, 1.165) is 0 Å². The molecule has 1 aliphatic rings. The van der Waals surface area contributed by atoms with Gasteiger partial charge in [0.05, 0.1) is 6.10 Å². The number of hydrogen-bond donors (Lipinski definition) is 2. The Balaban J connectivity index is 1.92. The standard InChI is InChI=1S/C11H14BrNO4/c1-7-11(15,4-5-16-7)6-13-10(14)8-2-3-9(12)17-8/h2-3,7,15H,4-6H2,1H3,(H,13,14). The lowest BCUT2D eigenvalue weighted by atomic mass is 9.97. The lowest BCUT2D eigenvalue weighted by molar-refractivity contribution is -0.0252. The zero-order chi connectivity index (χ0) is 12.5. The van der Waals surface area contributed by atoms with E-state index >= 15 is 0 Å². The van der Waals surface area contributed by atoms with Gasteiger partial charge in [0.1, 0.15) is 5.60 Å². The smallest absolute Gasteiger partial charge is 0.287 e. The molecule has 2 heterocycles. The molecule has 0 spiro atoms. The van der Waals surface area contributed by atoms with E-state index in [9.17, 15) is 9.90 Å². The van der Waals surface area contributed by atoms with Crippen LogP contribution >= 0.6 is 15.9 Å². The van der Waals surface area contributed by atoms with Crippen molar-refractivity contribution in [3.05, 3.63) is 22.6 Å². The minimum Gasteiger partial charge on any atom is -0.444 e. The van der Waals surface area contributed by atoms with E-state index in [2.05, 4.69) is 21.2 Å². The zero-order valence-corrected chi connectivity index (χ0v) is 11.0. The van der Waals surface area contributed by atoms with Crippen molar-refractivity contribution in [2.75, 3.05) is 13.2 Å². The van der Waals surface area contributed by atoms with Gasteiger partial charge >= 0.3 is 0 Å². The molecule has 2 rings (SSSR count). The Morgan fingerprint density at radius 1 is 1.71 bits per heavy atom. The summed E-state index contributed by atoms with van der Waals surface area (Å²) >= 11 is 3.12. The average molecular weight is 304 g/mol. The van der Waals surface area contributed by atoms with Gasteiger partial charge in [0, 0.05) is 19.6 Å². The molecule has 0 aromatic carbocycles. The topological polar surface area (TPSA) is 71.7 Å². The second-order valence-electron chi connectivity index (χ2n) is 4.15. The first-order valence-electron chi connectivity index (χ1n) is 5.39. The molecule has 1 fully saturated rings. The van der Waals surface area contributed by atoms with Crippen molar-refractivity contribution in [3.63, 3.8) is 0 Å². The van der Waals surface area contributed by atoms with Crippen LogP contribution in [-0.4, -0.2) is 35.9 Å². The van der Waals surface area contributed by atoms with Crippen LogP contribution in [0.2, 0.25) is 0 Å². The average Bonchev–Trinajstić information content (AvgIpc) is 2.84. The number of carbonyl (C=O) groups is 1. The molecule has 94 valence electrons. The van der Waals surface area contributed by atoms with Crippen molar-refractivity contribution in [2.24, 2.45) is 0 Å².